The van der Waals surface area contributed by atoms with Gasteiger partial charge in [-0.3, -0.25) is 4.79 Å². The van der Waals surface area contributed by atoms with Crippen LogP contribution >= 0.6 is 0 Å². The van der Waals surface area contributed by atoms with Crippen LogP contribution in [-0.4, -0.2) is 87.5 Å². The molecule has 9 heteroatoms. The third kappa shape index (κ3) is 33.0. The van der Waals surface area contributed by atoms with E-state index in [4.69, 9.17) is 9.47 Å². The standard InChI is InChI=1S/C53H99NO8/c1-3-5-7-9-11-13-15-17-18-19-20-21-22-23-24-25-26-27-28-29-30-31-32-34-36-38-40-42-47(56)46(45-61-53-52(60)51(59)50(58)48(44-55)62-53)54-49(57)43-41-39-37-35-33-16-14-12-10-8-6-4-2/h28-29,32,34,40,42,46-48,50-53,55-56,58-60H,3-27,30-31,33,35-39,41,43-45H2,1-2H3,(H,54,57)/b29-28+,34-32+,42-40+. The molecule has 1 fully saturated rings. The second-order valence-corrected chi connectivity index (χ2v) is 18.3. The minimum absolute atomic E-state index is 0.191. The van der Waals surface area contributed by atoms with Crippen LogP contribution in [0.5, 0.6) is 0 Å². The number of nitrogens with one attached hydrogen (secondary N) is 1. The third-order valence-corrected chi connectivity index (χ3v) is 12.4. The SMILES string of the molecule is CCCCCCCCCCCCCCCCCCC/C=C/CC/C=C/CC/C=C/C(O)C(COC1OC(CO)C(O)C(O)C1O)NC(=O)CCCCCCCCCCCCCC. The molecule has 1 saturated heterocycles. The Labute approximate surface area is 381 Å². The fourth-order valence-corrected chi connectivity index (χ4v) is 8.25. The highest BCUT2D eigenvalue weighted by Gasteiger charge is 2.44. The smallest absolute Gasteiger partial charge is 0.220 e. The molecule has 7 unspecified atom stereocenters. The highest BCUT2D eigenvalue weighted by Crippen LogP contribution is 2.23. The van der Waals surface area contributed by atoms with Crippen LogP contribution in [0.25, 0.3) is 0 Å². The van der Waals surface area contributed by atoms with Crippen molar-refractivity contribution in [1.29, 1.82) is 0 Å². The van der Waals surface area contributed by atoms with Gasteiger partial charge in [-0.15, -0.1) is 0 Å². The zero-order valence-electron chi connectivity index (χ0n) is 40.1. The highest BCUT2D eigenvalue weighted by atomic mass is 16.7. The first-order valence-corrected chi connectivity index (χ1v) is 26.2. The summed E-state index contributed by atoms with van der Waals surface area (Å²) >= 11 is 0. The number of aliphatic hydroxyl groups is 5. The molecule has 9 nitrogen and oxygen atoms in total. The predicted molar refractivity (Wildman–Crippen MR) is 258 cm³/mol. The van der Waals surface area contributed by atoms with Crippen LogP contribution in [0.2, 0.25) is 0 Å². The van der Waals surface area contributed by atoms with E-state index >= 15 is 0 Å². The number of amides is 1. The van der Waals surface area contributed by atoms with Gasteiger partial charge >= 0.3 is 0 Å². The second kappa shape index (κ2) is 43.3. The van der Waals surface area contributed by atoms with Crippen molar-refractivity contribution in [2.75, 3.05) is 13.2 Å². The van der Waals surface area contributed by atoms with Crippen molar-refractivity contribution in [1.82, 2.24) is 5.32 Å². The summed E-state index contributed by atoms with van der Waals surface area (Å²) in [5.74, 6) is -0.191. The van der Waals surface area contributed by atoms with Crippen molar-refractivity contribution in [3.8, 4) is 0 Å². The van der Waals surface area contributed by atoms with E-state index in [1.165, 1.54) is 173 Å². The first-order chi connectivity index (χ1) is 30.3. The summed E-state index contributed by atoms with van der Waals surface area (Å²) in [4.78, 5) is 12.9. The number of carbonyl (C=O) groups excluding carboxylic acids is 1. The lowest BCUT2D eigenvalue weighted by atomic mass is 9.99. The maximum atomic E-state index is 12.9. The van der Waals surface area contributed by atoms with Crippen molar-refractivity contribution in [2.24, 2.45) is 0 Å². The number of hydrogen-bond acceptors (Lipinski definition) is 8. The van der Waals surface area contributed by atoms with Crippen LogP contribution in [0.4, 0.5) is 0 Å². The van der Waals surface area contributed by atoms with E-state index in [9.17, 15) is 30.3 Å². The molecule has 0 radical (unpaired) electrons. The molecule has 1 heterocycles. The van der Waals surface area contributed by atoms with E-state index in [2.05, 4.69) is 43.5 Å². The minimum atomic E-state index is -1.57. The van der Waals surface area contributed by atoms with Gasteiger partial charge < -0.3 is 40.3 Å². The van der Waals surface area contributed by atoms with E-state index in [1.807, 2.05) is 6.08 Å². The molecule has 0 bridgehead atoms. The molecule has 0 saturated carbocycles. The third-order valence-electron chi connectivity index (χ3n) is 12.4. The average molecular weight is 878 g/mol. The van der Waals surface area contributed by atoms with Gasteiger partial charge in [0.05, 0.1) is 25.4 Å². The van der Waals surface area contributed by atoms with Crippen LogP contribution in [0.3, 0.4) is 0 Å². The Morgan fingerprint density at radius 1 is 0.532 bits per heavy atom. The van der Waals surface area contributed by atoms with Gasteiger partial charge in [-0.05, 0) is 44.9 Å². The Bertz CT molecular complexity index is 1070. The van der Waals surface area contributed by atoms with Crippen LogP contribution < -0.4 is 5.32 Å². The number of allylic oxidation sites excluding steroid dienone is 5. The summed E-state index contributed by atoms with van der Waals surface area (Å²) in [6.07, 6.45) is 47.9. The van der Waals surface area contributed by atoms with Crippen molar-refractivity contribution in [2.45, 2.75) is 281 Å². The Morgan fingerprint density at radius 2 is 0.919 bits per heavy atom. The summed E-state index contributed by atoms with van der Waals surface area (Å²) < 4.78 is 11.2. The number of rotatable bonds is 44. The van der Waals surface area contributed by atoms with E-state index in [-0.39, 0.29) is 12.5 Å². The topological polar surface area (TPSA) is 149 Å². The van der Waals surface area contributed by atoms with Crippen molar-refractivity contribution >= 4 is 5.91 Å². The van der Waals surface area contributed by atoms with Gasteiger partial charge in [-0.1, -0.05) is 224 Å². The zero-order chi connectivity index (χ0) is 45.1. The maximum Gasteiger partial charge on any atom is 0.220 e. The lowest BCUT2D eigenvalue weighted by Gasteiger charge is -2.40. The molecule has 364 valence electrons. The fraction of sp³-hybridized carbons (Fsp3) is 0.868. The number of ether oxygens (including phenoxy) is 2. The van der Waals surface area contributed by atoms with Gasteiger partial charge in [0.2, 0.25) is 5.91 Å². The Balaban J connectivity index is 2.27. The van der Waals surface area contributed by atoms with Gasteiger partial charge in [-0.25, -0.2) is 0 Å². The summed E-state index contributed by atoms with van der Waals surface area (Å²) in [6, 6.07) is -0.824. The van der Waals surface area contributed by atoms with Crippen molar-refractivity contribution in [3.05, 3.63) is 36.5 Å². The minimum Gasteiger partial charge on any atom is -0.394 e. The number of hydrogen-bond donors (Lipinski definition) is 6. The number of unbranched alkanes of at least 4 members (excludes halogenated alkanes) is 30. The molecule has 1 aliphatic heterocycles. The Kier molecular flexibility index (Phi) is 40.8. The average Bonchev–Trinajstić information content (AvgIpc) is 3.27. The largest absolute Gasteiger partial charge is 0.394 e. The molecular weight excluding hydrogens is 779 g/mol. The molecule has 0 spiro atoms. The first-order valence-electron chi connectivity index (χ1n) is 26.2. The zero-order valence-corrected chi connectivity index (χ0v) is 40.1. The molecule has 0 aromatic rings. The van der Waals surface area contributed by atoms with E-state index in [0.29, 0.717) is 6.42 Å². The lowest BCUT2D eigenvalue weighted by Crippen LogP contribution is -2.60. The fourth-order valence-electron chi connectivity index (χ4n) is 8.25. The molecule has 0 aromatic carbocycles. The van der Waals surface area contributed by atoms with Gasteiger partial charge in [0.25, 0.3) is 0 Å². The Morgan fingerprint density at radius 3 is 1.35 bits per heavy atom. The predicted octanol–water partition coefficient (Wildman–Crippen LogP) is 12.0. The highest BCUT2D eigenvalue weighted by molar-refractivity contribution is 5.76. The van der Waals surface area contributed by atoms with E-state index < -0.39 is 49.5 Å². The van der Waals surface area contributed by atoms with Crippen molar-refractivity contribution in [3.63, 3.8) is 0 Å². The summed E-state index contributed by atoms with van der Waals surface area (Å²) in [6.45, 7) is 3.76. The monoisotopic (exact) mass is 878 g/mol. The molecule has 1 aliphatic rings. The maximum absolute atomic E-state index is 12.9. The van der Waals surface area contributed by atoms with E-state index in [0.717, 1.165) is 44.9 Å². The Hall–Kier alpha value is -1.59. The number of aliphatic hydroxyl groups excluding tert-OH is 5. The second-order valence-electron chi connectivity index (χ2n) is 18.3. The van der Waals surface area contributed by atoms with Gasteiger partial charge in [0.1, 0.15) is 24.4 Å². The summed E-state index contributed by atoms with van der Waals surface area (Å²) in [7, 11) is 0. The normalized spacial score (nSPS) is 20.5. The van der Waals surface area contributed by atoms with Crippen LogP contribution in [-0.2, 0) is 14.3 Å². The molecule has 1 rings (SSSR count). The van der Waals surface area contributed by atoms with Crippen LogP contribution in [0.1, 0.15) is 239 Å². The molecule has 0 aliphatic carbocycles. The van der Waals surface area contributed by atoms with Crippen molar-refractivity contribution < 1.29 is 39.8 Å². The van der Waals surface area contributed by atoms with Gasteiger partial charge in [0, 0.05) is 6.42 Å². The molecule has 62 heavy (non-hydrogen) atoms. The molecule has 7 atom stereocenters. The van der Waals surface area contributed by atoms with E-state index in [1.54, 1.807) is 6.08 Å². The molecule has 1 amide bonds. The summed E-state index contributed by atoms with van der Waals surface area (Å²) in [5, 5.41) is 54.2. The summed E-state index contributed by atoms with van der Waals surface area (Å²) in [5.41, 5.74) is 0. The van der Waals surface area contributed by atoms with Gasteiger partial charge in [-0.2, -0.15) is 0 Å². The number of carbonyl (C=O) groups is 1. The quantitative estimate of drug-likeness (QED) is 0.0262. The van der Waals surface area contributed by atoms with Crippen LogP contribution in [0.15, 0.2) is 36.5 Å². The molecular formula is C53H99NO8. The first kappa shape index (κ1) is 58.4. The van der Waals surface area contributed by atoms with Crippen LogP contribution in [0, 0.1) is 0 Å². The lowest BCUT2D eigenvalue weighted by molar-refractivity contribution is -0.302. The van der Waals surface area contributed by atoms with Gasteiger partial charge in [0.15, 0.2) is 6.29 Å². The molecule has 6 N–H and O–H groups in total. The molecule has 0 aromatic heterocycles.